The van der Waals surface area contributed by atoms with Gasteiger partial charge in [-0.25, -0.2) is 0 Å². The molecule has 1 aromatic rings. The SMILES string of the molecule is COCCNCC(O)CN1C(=O)C(C)Oc2ccccc21. The van der Waals surface area contributed by atoms with Crippen LogP contribution in [0.2, 0.25) is 0 Å². The standard InChI is InChI=1S/C15H22N2O4/c1-11-15(19)17(10-12(18)9-16-7-8-20-2)13-5-3-4-6-14(13)21-11/h3-6,11-12,16,18H,7-10H2,1-2H3. The summed E-state index contributed by atoms with van der Waals surface area (Å²) in [7, 11) is 1.63. The number of carbonyl (C=O) groups excluding carboxylic acids is 1. The van der Waals surface area contributed by atoms with Gasteiger partial charge in [0.05, 0.1) is 24.9 Å². The Morgan fingerprint density at radius 1 is 1.48 bits per heavy atom. The van der Waals surface area contributed by atoms with Crippen LogP contribution in [0.4, 0.5) is 5.69 Å². The Kier molecular flexibility index (Phi) is 5.55. The second-order valence-corrected chi connectivity index (χ2v) is 5.03. The van der Waals surface area contributed by atoms with Crippen molar-refractivity contribution in [3.8, 4) is 5.75 Å². The summed E-state index contributed by atoms with van der Waals surface area (Å²) in [4.78, 5) is 13.8. The van der Waals surface area contributed by atoms with E-state index in [0.717, 1.165) is 0 Å². The number of amides is 1. The smallest absolute Gasteiger partial charge is 0.267 e. The summed E-state index contributed by atoms with van der Waals surface area (Å²) < 4.78 is 10.5. The van der Waals surface area contributed by atoms with Crippen LogP contribution in [-0.4, -0.2) is 56.6 Å². The fourth-order valence-electron chi connectivity index (χ4n) is 2.27. The number of carbonyl (C=O) groups is 1. The van der Waals surface area contributed by atoms with Gasteiger partial charge in [0.1, 0.15) is 5.75 Å². The summed E-state index contributed by atoms with van der Waals surface area (Å²) in [6.45, 7) is 3.61. The molecule has 0 saturated heterocycles. The van der Waals surface area contributed by atoms with Gasteiger partial charge in [0, 0.05) is 20.2 Å². The molecule has 2 unspecified atom stereocenters. The number of aliphatic hydroxyl groups is 1. The number of rotatable bonds is 7. The maximum absolute atomic E-state index is 12.2. The van der Waals surface area contributed by atoms with E-state index in [1.54, 1.807) is 18.9 Å². The minimum absolute atomic E-state index is 0.135. The van der Waals surface area contributed by atoms with Gasteiger partial charge in [-0.05, 0) is 19.1 Å². The molecule has 2 N–H and O–H groups in total. The molecule has 21 heavy (non-hydrogen) atoms. The first-order valence-electron chi connectivity index (χ1n) is 7.08. The lowest BCUT2D eigenvalue weighted by Gasteiger charge is -2.34. The van der Waals surface area contributed by atoms with Crippen molar-refractivity contribution in [3.63, 3.8) is 0 Å². The molecule has 6 nitrogen and oxygen atoms in total. The Labute approximate surface area is 124 Å². The van der Waals surface area contributed by atoms with Crippen molar-refractivity contribution in [2.45, 2.75) is 19.1 Å². The van der Waals surface area contributed by atoms with Gasteiger partial charge in [0.25, 0.3) is 5.91 Å². The number of benzene rings is 1. The molecule has 2 atom stereocenters. The molecule has 0 bridgehead atoms. The lowest BCUT2D eigenvalue weighted by Crippen LogP contribution is -2.49. The highest BCUT2D eigenvalue weighted by molar-refractivity contribution is 5.99. The van der Waals surface area contributed by atoms with Crippen LogP contribution in [0.15, 0.2) is 24.3 Å². The van der Waals surface area contributed by atoms with Crippen LogP contribution in [-0.2, 0) is 9.53 Å². The van der Waals surface area contributed by atoms with Crippen LogP contribution in [0, 0.1) is 0 Å². The molecule has 1 amide bonds. The number of hydrogen-bond acceptors (Lipinski definition) is 5. The Morgan fingerprint density at radius 3 is 3.00 bits per heavy atom. The Hall–Kier alpha value is -1.63. The zero-order valence-electron chi connectivity index (χ0n) is 12.4. The number of nitrogens with zero attached hydrogens (tertiary/aromatic N) is 1. The zero-order valence-corrected chi connectivity index (χ0v) is 12.4. The van der Waals surface area contributed by atoms with E-state index in [1.165, 1.54) is 0 Å². The summed E-state index contributed by atoms with van der Waals surface area (Å²) in [5.41, 5.74) is 0.705. The number of nitrogens with one attached hydrogen (secondary N) is 1. The molecule has 116 valence electrons. The molecule has 1 heterocycles. The molecular formula is C15H22N2O4. The van der Waals surface area contributed by atoms with E-state index in [4.69, 9.17) is 9.47 Å². The minimum Gasteiger partial charge on any atom is -0.479 e. The van der Waals surface area contributed by atoms with Gasteiger partial charge in [0.2, 0.25) is 0 Å². The third-order valence-corrected chi connectivity index (χ3v) is 3.33. The molecule has 0 saturated carbocycles. The van der Waals surface area contributed by atoms with Gasteiger partial charge < -0.3 is 24.8 Å². The Morgan fingerprint density at radius 2 is 2.24 bits per heavy atom. The first kappa shape index (κ1) is 15.8. The van der Waals surface area contributed by atoms with Crippen molar-refractivity contribution in [1.29, 1.82) is 0 Å². The Balaban J connectivity index is 1.99. The van der Waals surface area contributed by atoms with E-state index in [0.29, 0.717) is 31.1 Å². The molecule has 1 aliphatic heterocycles. The number of β-amino-alcohol motifs (C(OH)–C–C–N with tert-alkyl or cyclic N) is 1. The monoisotopic (exact) mass is 294 g/mol. The quantitative estimate of drug-likeness (QED) is 0.712. The fourth-order valence-corrected chi connectivity index (χ4v) is 2.27. The van der Waals surface area contributed by atoms with Crippen molar-refractivity contribution in [2.75, 3.05) is 38.3 Å². The predicted octanol–water partition coefficient (Wildman–Crippen LogP) is 0.397. The van der Waals surface area contributed by atoms with Crippen molar-refractivity contribution in [2.24, 2.45) is 0 Å². The van der Waals surface area contributed by atoms with Gasteiger partial charge >= 0.3 is 0 Å². The molecule has 0 radical (unpaired) electrons. The fraction of sp³-hybridized carbons (Fsp3) is 0.533. The van der Waals surface area contributed by atoms with E-state index in [2.05, 4.69) is 5.32 Å². The average molecular weight is 294 g/mol. The highest BCUT2D eigenvalue weighted by Crippen LogP contribution is 2.33. The molecule has 0 spiro atoms. The summed E-state index contributed by atoms with van der Waals surface area (Å²) >= 11 is 0. The molecule has 0 aromatic heterocycles. The van der Waals surface area contributed by atoms with Gasteiger partial charge in [-0.2, -0.15) is 0 Å². The van der Waals surface area contributed by atoms with Crippen LogP contribution < -0.4 is 15.0 Å². The highest BCUT2D eigenvalue weighted by atomic mass is 16.5. The maximum Gasteiger partial charge on any atom is 0.267 e. The Bertz CT molecular complexity index is 480. The molecule has 0 fully saturated rings. The number of para-hydroxylation sites is 2. The summed E-state index contributed by atoms with van der Waals surface area (Å²) in [6, 6.07) is 7.36. The van der Waals surface area contributed by atoms with E-state index in [1.807, 2.05) is 24.3 Å². The minimum atomic E-state index is -0.649. The highest BCUT2D eigenvalue weighted by Gasteiger charge is 2.32. The molecule has 2 rings (SSSR count). The third-order valence-electron chi connectivity index (χ3n) is 3.33. The van der Waals surface area contributed by atoms with Gasteiger partial charge in [-0.15, -0.1) is 0 Å². The topological polar surface area (TPSA) is 71.0 Å². The van der Waals surface area contributed by atoms with Crippen LogP contribution in [0.25, 0.3) is 0 Å². The summed E-state index contributed by atoms with van der Waals surface area (Å²) in [5.74, 6) is 0.536. The van der Waals surface area contributed by atoms with Gasteiger partial charge in [0.15, 0.2) is 6.10 Å². The first-order chi connectivity index (χ1) is 10.1. The molecular weight excluding hydrogens is 272 g/mol. The zero-order chi connectivity index (χ0) is 15.2. The number of fused-ring (bicyclic) bond motifs is 1. The van der Waals surface area contributed by atoms with Crippen molar-refractivity contribution in [1.82, 2.24) is 5.32 Å². The van der Waals surface area contributed by atoms with Crippen LogP contribution >= 0.6 is 0 Å². The van der Waals surface area contributed by atoms with Crippen LogP contribution in [0.1, 0.15) is 6.92 Å². The average Bonchev–Trinajstić information content (AvgIpc) is 2.48. The lowest BCUT2D eigenvalue weighted by atomic mass is 10.1. The van der Waals surface area contributed by atoms with Gasteiger partial charge in [-0.1, -0.05) is 12.1 Å². The summed E-state index contributed by atoms with van der Waals surface area (Å²) in [6.07, 6.45) is -1.18. The van der Waals surface area contributed by atoms with Crippen LogP contribution in [0.3, 0.4) is 0 Å². The largest absolute Gasteiger partial charge is 0.479 e. The van der Waals surface area contributed by atoms with Gasteiger partial charge in [-0.3, -0.25) is 4.79 Å². The molecule has 6 heteroatoms. The molecule has 1 aromatic carbocycles. The molecule has 0 aliphatic carbocycles. The van der Waals surface area contributed by atoms with E-state index in [-0.39, 0.29) is 12.5 Å². The number of hydrogen-bond donors (Lipinski definition) is 2. The number of anilines is 1. The first-order valence-corrected chi connectivity index (χ1v) is 7.08. The van der Waals surface area contributed by atoms with Crippen LogP contribution in [0.5, 0.6) is 5.75 Å². The number of ether oxygens (including phenoxy) is 2. The second kappa shape index (κ2) is 7.40. The van der Waals surface area contributed by atoms with E-state index < -0.39 is 12.2 Å². The predicted molar refractivity (Wildman–Crippen MR) is 79.6 cm³/mol. The second-order valence-electron chi connectivity index (χ2n) is 5.03. The van der Waals surface area contributed by atoms with E-state index in [9.17, 15) is 9.90 Å². The normalized spacial score (nSPS) is 19.1. The van der Waals surface area contributed by atoms with Crippen molar-refractivity contribution < 1.29 is 19.4 Å². The van der Waals surface area contributed by atoms with Crippen molar-refractivity contribution in [3.05, 3.63) is 24.3 Å². The maximum atomic E-state index is 12.2. The van der Waals surface area contributed by atoms with Crippen molar-refractivity contribution >= 4 is 11.6 Å². The third kappa shape index (κ3) is 3.93. The molecule has 1 aliphatic rings. The lowest BCUT2D eigenvalue weighted by molar-refractivity contribution is -0.125. The van der Waals surface area contributed by atoms with E-state index >= 15 is 0 Å². The number of methoxy groups -OCH3 is 1. The summed E-state index contributed by atoms with van der Waals surface area (Å²) in [5, 5.41) is 13.2. The number of aliphatic hydroxyl groups excluding tert-OH is 1.